The summed E-state index contributed by atoms with van der Waals surface area (Å²) in [6.07, 6.45) is 1.69. The first-order valence-corrected chi connectivity index (χ1v) is 4.55. The summed E-state index contributed by atoms with van der Waals surface area (Å²) in [6.45, 7) is 1.84. The third-order valence-corrected chi connectivity index (χ3v) is 1.62. The molecule has 0 aromatic carbocycles. The lowest BCUT2D eigenvalue weighted by atomic mass is 10.4. The molecule has 15 heavy (non-hydrogen) atoms. The van der Waals surface area contributed by atoms with Crippen LogP contribution in [0.3, 0.4) is 0 Å². The second kappa shape index (κ2) is 5.35. The van der Waals surface area contributed by atoms with Crippen molar-refractivity contribution in [1.82, 2.24) is 15.3 Å². The average molecular weight is 232 g/mol. The summed E-state index contributed by atoms with van der Waals surface area (Å²) in [4.78, 5) is 17.9. The van der Waals surface area contributed by atoms with Crippen LogP contribution in [0.2, 0.25) is 5.15 Å². The minimum Gasteiger partial charge on any atom is -0.474 e. The number of aromatic nitrogens is 2. The minimum atomic E-state index is -1.09. The molecule has 7 heteroatoms. The van der Waals surface area contributed by atoms with Crippen LogP contribution < -0.4 is 10.1 Å². The standard InChI is InChI=1S/C8H10ClN3O3/c1-5(11-8(13)14)4-15-7-3-10-2-6(9)12-7/h2-3,5,11H,4H2,1H3,(H,13,14)/t5-/m0/s1. The van der Waals surface area contributed by atoms with Crippen molar-refractivity contribution in [3.63, 3.8) is 0 Å². The number of rotatable bonds is 4. The van der Waals surface area contributed by atoms with Gasteiger partial charge in [0.25, 0.3) is 0 Å². The molecule has 0 fully saturated rings. The molecule has 0 aliphatic carbocycles. The van der Waals surface area contributed by atoms with Crippen LogP contribution >= 0.6 is 11.6 Å². The van der Waals surface area contributed by atoms with Crippen molar-refractivity contribution in [3.8, 4) is 5.88 Å². The number of halogens is 1. The molecule has 0 saturated carbocycles. The molecule has 0 unspecified atom stereocenters. The first-order valence-electron chi connectivity index (χ1n) is 4.17. The summed E-state index contributed by atoms with van der Waals surface area (Å²) in [5, 5.41) is 10.9. The number of nitrogens with one attached hydrogen (secondary N) is 1. The molecule has 0 spiro atoms. The lowest BCUT2D eigenvalue weighted by molar-refractivity contribution is 0.182. The van der Waals surface area contributed by atoms with Gasteiger partial charge in [-0.2, -0.15) is 4.98 Å². The molecule has 6 nitrogen and oxygen atoms in total. The quantitative estimate of drug-likeness (QED) is 0.813. The Bertz CT molecular complexity index is 348. The summed E-state index contributed by atoms with van der Waals surface area (Å²) < 4.78 is 5.17. The number of carbonyl (C=O) groups is 1. The third-order valence-electron chi connectivity index (χ3n) is 1.43. The molecule has 1 heterocycles. The fraction of sp³-hybridized carbons (Fsp3) is 0.375. The molecular formula is C8H10ClN3O3. The van der Waals surface area contributed by atoms with Crippen molar-refractivity contribution in [2.45, 2.75) is 13.0 Å². The van der Waals surface area contributed by atoms with Gasteiger partial charge < -0.3 is 15.2 Å². The van der Waals surface area contributed by atoms with Crippen molar-refractivity contribution in [2.75, 3.05) is 6.61 Å². The molecule has 1 aromatic rings. The van der Waals surface area contributed by atoms with Crippen LogP contribution in [-0.2, 0) is 0 Å². The summed E-state index contributed by atoms with van der Waals surface area (Å²) in [5.74, 6) is 0.265. The lowest BCUT2D eigenvalue weighted by Crippen LogP contribution is -2.35. The van der Waals surface area contributed by atoms with Crippen LogP contribution in [0, 0.1) is 0 Å². The van der Waals surface area contributed by atoms with Crippen LogP contribution in [0.5, 0.6) is 5.88 Å². The Morgan fingerprint density at radius 3 is 3.07 bits per heavy atom. The van der Waals surface area contributed by atoms with E-state index < -0.39 is 6.09 Å². The topological polar surface area (TPSA) is 84.3 Å². The highest BCUT2D eigenvalue weighted by Gasteiger charge is 2.06. The van der Waals surface area contributed by atoms with Gasteiger partial charge in [-0.05, 0) is 6.92 Å². The number of hydrogen-bond acceptors (Lipinski definition) is 4. The van der Waals surface area contributed by atoms with E-state index in [9.17, 15) is 4.79 Å². The Labute approximate surface area is 91.3 Å². The second-order valence-corrected chi connectivity index (χ2v) is 3.23. The van der Waals surface area contributed by atoms with E-state index in [2.05, 4.69) is 15.3 Å². The first kappa shape index (κ1) is 11.5. The molecule has 0 saturated heterocycles. The van der Waals surface area contributed by atoms with E-state index in [1.807, 2.05) is 0 Å². The van der Waals surface area contributed by atoms with Crippen LogP contribution in [0.25, 0.3) is 0 Å². The van der Waals surface area contributed by atoms with Crippen LogP contribution in [0.1, 0.15) is 6.92 Å². The minimum absolute atomic E-state index is 0.168. The van der Waals surface area contributed by atoms with Gasteiger partial charge in [-0.25, -0.2) is 4.79 Å². The molecule has 1 aromatic heterocycles. The van der Waals surface area contributed by atoms with Crippen molar-refractivity contribution in [1.29, 1.82) is 0 Å². The smallest absolute Gasteiger partial charge is 0.404 e. The van der Waals surface area contributed by atoms with Gasteiger partial charge in [0.05, 0.1) is 18.4 Å². The van der Waals surface area contributed by atoms with Crippen molar-refractivity contribution < 1.29 is 14.6 Å². The number of amides is 1. The van der Waals surface area contributed by atoms with Gasteiger partial charge in [0.15, 0.2) is 5.15 Å². The second-order valence-electron chi connectivity index (χ2n) is 2.84. The number of ether oxygens (including phenoxy) is 1. The van der Waals surface area contributed by atoms with Crippen LogP contribution in [-0.4, -0.2) is 33.8 Å². The predicted molar refractivity (Wildman–Crippen MR) is 53.2 cm³/mol. The number of nitrogens with zero attached hydrogens (tertiary/aromatic N) is 2. The number of hydrogen-bond donors (Lipinski definition) is 2. The Balaban J connectivity index is 2.40. The van der Waals surface area contributed by atoms with Crippen molar-refractivity contribution in [3.05, 3.63) is 17.5 Å². The molecule has 0 aliphatic rings. The Morgan fingerprint density at radius 1 is 1.73 bits per heavy atom. The zero-order valence-corrected chi connectivity index (χ0v) is 8.73. The van der Waals surface area contributed by atoms with Gasteiger partial charge in [-0.1, -0.05) is 11.6 Å². The van der Waals surface area contributed by atoms with Crippen LogP contribution in [0.15, 0.2) is 12.4 Å². The SMILES string of the molecule is C[C@@H](COc1cncc(Cl)n1)NC(=O)O. The van der Waals surface area contributed by atoms with Gasteiger partial charge in [0.2, 0.25) is 5.88 Å². The largest absolute Gasteiger partial charge is 0.474 e. The Morgan fingerprint density at radius 2 is 2.47 bits per heavy atom. The third kappa shape index (κ3) is 4.46. The maximum Gasteiger partial charge on any atom is 0.404 e. The van der Waals surface area contributed by atoms with Gasteiger partial charge in [-0.15, -0.1) is 0 Å². The van der Waals surface area contributed by atoms with E-state index in [-0.39, 0.29) is 23.7 Å². The molecular weight excluding hydrogens is 222 g/mol. The summed E-state index contributed by atoms with van der Waals surface area (Å²) in [7, 11) is 0. The van der Waals surface area contributed by atoms with E-state index in [1.165, 1.54) is 12.4 Å². The molecule has 82 valence electrons. The molecule has 2 N–H and O–H groups in total. The van der Waals surface area contributed by atoms with E-state index in [0.29, 0.717) is 0 Å². The van der Waals surface area contributed by atoms with Gasteiger partial charge in [0, 0.05) is 0 Å². The molecule has 0 radical (unpaired) electrons. The number of carboxylic acid groups (broad SMARTS) is 1. The first-order chi connectivity index (χ1) is 7.08. The lowest BCUT2D eigenvalue weighted by Gasteiger charge is -2.11. The zero-order valence-electron chi connectivity index (χ0n) is 7.98. The summed E-state index contributed by atoms with van der Waals surface area (Å²) in [6, 6.07) is -0.330. The highest BCUT2D eigenvalue weighted by atomic mass is 35.5. The highest BCUT2D eigenvalue weighted by molar-refractivity contribution is 6.29. The predicted octanol–water partition coefficient (Wildman–Crippen LogP) is 1.16. The Hall–Kier alpha value is -1.56. The fourth-order valence-corrected chi connectivity index (χ4v) is 0.998. The molecule has 1 atom stereocenters. The summed E-state index contributed by atoms with van der Waals surface area (Å²) in [5.41, 5.74) is 0. The average Bonchev–Trinajstić information content (AvgIpc) is 2.14. The Kier molecular flexibility index (Phi) is 4.11. The van der Waals surface area contributed by atoms with E-state index in [0.717, 1.165) is 0 Å². The maximum absolute atomic E-state index is 10.3. The van der Waals surface area contributed by atoms with Gasteiger partial charge in [-0.3, -0.25) is 4.98 Å². The van der Waals surface area contributed by atoms with Gasteiger partial charge >= 0.3 is 6.09 Å². The van der Waals surface area contributed by atoms with E-state index >= 15 is 0 Å². The highest BCUT2D eigenvalue weighted by Crippen LogP contribution is 2.08. The van der Waals surface area contributed by atoms with E-state index in [1.54, 1.807) is 6.92 Å². The monoisotopic (exact) mass is 231 g/mol. The fourth-order valence-electron chi connectivity index (χ4n) is 0.858. The molecule has 0 aliphatic heterocycles. The molecule has 0 bridgehead atoms. The van der Waals surface area contributed by atoms with Crippen molar-refractivity contribution in [2.24, 2.45) is 0 Å². The van der Waals surface area contributed by atoms with Gasteiger partial charge in [0.1, 0.15) is 6.61 Å². The maximum atomic E-state index is 10.3. The van der Waals surface area contributed by atoms with Crippen molar-refractivity contribution >= 4 is 17.7 Å². The zero-order chi connectivity index (χ0) is 11.3. The normalized spacial score (nSPS) is 11.9. The van der Waals surface area contributed by atoms with E-state index in [4.69, 9.17) is 21.4 Å². The molecule has 1 amide bonds. The summed E-state index contributed by atoms with van der Waals surface area (Å²) >= 11 is 5.58. The van der Waals surface area contributed by atoms with Crippen LogP contribution in [0.4, 0.5) is 4.79 Å². The molecule has 1 rings (SSSR count).